The molecule has 2 aliphatic rings. The molecule has 0 aromatic heterocycles. The Morgan fingerprint density at radius 3 is 2.52 bits per heavy atom. The van der Waals surface area contributed by atoms with E-state index in [-0.39, 0.29) is 11.0 Å². The molecule has 166 valence electrons. The third kappa shape index (κ3) is 5.64. The van der Waals surface area contributed by atoms with Crippen LogP contribution in [0, 0.1) is 23.2 Å². The minimum Gasteiger partial charge on any atom is -0.463 e. The lowest BCUT2D eigenvalue weighted by Gasteiger charge is -2.49. The topological polar surface area (TPSA) is 35.5 Å². The van der Waals surface area contributed by atoms with Crippen LogP contribution in [0.3, 0.4) is 0 Å². The molecule has 2 aliphatic carbocycles. The maximum Gasteiger partial charge on any atom is 0.330 e. The number of allylic oxidation sites excluding steroid dienone is 3. The van der Waals surface area contributed by atoms with E-state index in [1.54, 1.807) is 0 Å². The zero-order chi connectivity index (χ0) is 21.9. The smallest absolute Gasteiger partial charge is 0.330 e. The Labute approximate surface area is 180 Å². The van der Waals surface area contributed by atoms with Gasteiger partial charge in [0.25, 0.3) is 0 Å². The molecule has 0 amide bonds. The second-order valence-electron chi connectivity index (χ2n) is 11.0. The second kappa shape index (κ2) is 9.51. The fourth-order valence-corrected chi connectivity index (χ4v) is 6.81. The largest absolute Gasteiger partial charge is 0.463 e. The highest BCUT2D eigenvalue weighted by Crippen LogP contribution is 2.59. The van der Waals surface area contributed by atoms with Crippen molar-refractivity contribution < 1.29 is 14.0 Å². The molecule has 3 unspecified atom stereocenters. The summed E-state index contributed by atoms with van der Waals surface area (Å²) in [6, 6.07) is 0. The zero-order valence-corrected chi connectivity index (χ0v) is 21.1. The van der Waals surface area contributed by atoms with Crippen molar-refractivity contribution in [3.8, 4) is 0 Å². The molecule has 0 saturated heterocycles. The van der Waals surface area contributed by atoms with Gasteiger partial charge in [0.1, 0.15) is 0 Å². The van der Waals surface area contributed by atoms with Crippen molar-refractivity contribution in [1.82, 2.24) is 0 Å². The number of fused-ring (bicyclic) bond motifs is 1. The minimum atomic E-state index is -1.74. The monoisotopic (exact) mass is 420 g/mol. The fourth-order valence-electron chi connectivity index (χ4n) is 5.42. The van der Waals surface area contributed by atoms with Gasteiger partial charge in [-0.1, -0.05) is 59.3 Å². The summed E-state index contributed by atoms with van der Waals surface area (Å²) in [5.74, 6) is 1.60. The van der Waals surface area contributed by atoms with Crippen LogP contribution in [0.5, 0.6) is 0 Å². The first-order chi connectivity index (χ1) is 13.4. The molecule has 2 saturated carbocycles. The van der Waals surface area contributed by atoms with Crippen LogP contribution in [-0.4, -0.2) is 27.0 Å². The number of hydrogen-bond acceptors (Lipinski definition) is 3. The van der Waals surface area contributed by atoms with Gasteiger partial charge in [-0.05, 0) is 73.9 Å². The van der Waals surface area contributed by atoms with E-state index >= 15 is 0 Å². The molecule has 0 aliphatic heterocycles. The number of hydrogen-bond donors (Lipinski definition) is 0. The molecule has 0 aromatic carbocycles. The lowest BCUT2D eigenvalue weighted by molar-refractivity contribution is -0.137. The van der Waals surface area contributed by atoms with Crippen LogP contribution >= 0.6 is 0 Å². The van der Waals surface area contributed by atoms with E-state index < -0.39 is 8.32 Å². The van der Waals surface area contributed by atoms with E-state index in [9.17, 15) is 4.79 Å². The molecule has 4 heteroatoms. The average Bonchev–Trinajstić information content (AvgIpc) is 2.95. The SMILES string of the molecule is CCOC(=O)/C=C\C=C\[C@@H](C)C1CCC2[C@@H](O[Si](C)(C)C(C)(C)C)CCCC12C. The molecule has 0 aromatic rings. The number of ether oxygens (including phenoxy) is 1. The van der Waals surface area contributed by atoms with Gasteiger partial charge in [0.15, 0.2) is 8.32 Å². The molecule has 3 nitrogen and oxygen atoms in total. The normalized spacial score (nSPS) is 31.9. The van der Waals surface area contributed by atoms with Crippen LogP contribution in [0.25, 0.3) is 0 Å². The predicted octanol–water partition coefficient (Wildman–Crippen LogP) is 6.90. The van der Waals surface area contributed by atoms with Gasteiger partial charge in [-0.25, -0.2) is 4.79 Å². The molecular weight excluding hydrogens is 376 g/mol. The van der Waals surface area contributed by atoms with E-state index in [0.29, 0.717) is 35.9 Å². The summed E-state index contributed by atoms with van der Waals surface area (Å²) < 4.78 is 11.9. The van der Waals surface area contributed by atoms with Crippen molar-refractivity contribution in [3.63, 3.8) is 0 Å². The molecule has 0 heterocycles. The van der Waals surface area contributed by atoms with E-state index in [1.807, 2.05) is 19.1 Å². The van der Waals surface area contributed by atoms with Gasteiger partial charge in [0.2, 0.25) is 0 Å². The molecule has 5 atom stereocenters. The summed E-state index contributed by atoms with van der Waals surface area (Å²) >= 11 is 0. The Morgan fingerprint density at radius 2 is 1.90 bits per heavy atom. The standard InChI is InChI=1S/C25H44O3Si/c1-9-27-23(26)15-11-10-13-19(2)20-16-17-21-22(14-12-18-25(20,21)6)28-29(7,8)24(3,4)5/h10-11,13,15,19-22H,9,12,14,16-18H2,1-8H3/b13-10+,15-11-/t19-,20?,21?,22+,25?/m1/s1. The highest BCUT2D eigenvalue weighted by atomic mass is 28.4. The maximum atomic E-state index is 11.4. The minimum absolute atomic E-state index is 0.264. The Balaban J connectivity index is 2.06. The molecule has 2 fully saturated rings. The van der Waals surface area contributed by atoms with Crippen molar-refractivity contribution in [3.05, 3.63) is 24.3 Å². The molecule has 0 bridgehead atoms. The molecule has 2 rings (SSSR count). The summed E-state index contributed by atoms with van der Waals surface area (Å²) in [4.78, 5) is 11.4. The van der Waals surface area contributed by atoms with E-state index in [1.165, 1.54) is 38.2 Å². The molecule has 0 spiro atoms. The van der Waals surface area contributed by atoms with Crippen LogP contribution in [0.4, 0.5) is 0 Å². The van der Waals surface area contributed by atoms with Crippen LogP contribution in [0.2, 0.25) is 18.1 Å². The molecular formula is C25H44O3Si. The van der Waals surface area contributed by atoms with E-state index in [0.717, 1.165) is 0 Å². The average molecular weight is 421 g/mol. The zero-order valence-electron chi connectivity index (χ0n) is 20.1. The summed E-state index contributed by atoms with van der Waals surface area (Å²) in [7, 11) is -1.74. The molecule has 0 radical (unpaired) electrons. The highest BCUT2D eigenvalue weighted by molar-refractivity contribution is 6.74. The first-order valence-electron chi connectivity index (χ1n) is 11.6. The number of rotatable bonds is 7. The van der Waals surface area contributed by atoms with Crippen molar-refractivity contribution in [2.24, 2.45) is 23.2 Å². The summed E-state index contributed by atoms with van der Waals surface area (Å²) in [6.07, 6.45) is 14.4. The van der Waals surface area contributed by atoms with Crippen LogP contribution in [0.1, 0.15) is 73.6 Å². The third-order valence-corrected chi connectivity index (χ3v) is 12.6. The molecule has 0 N–H and O–H groups in total. The third-order valence-electron chi connectivity index (χ3n) is 8.07. The number of esters is 1. The van der Waals surface area contributed by atoms with E-state index in [2.05, 4.69) is 53.8 Å². The van der Waals surface area contributed by atoms with Crippen molar-refractivity contribution in [2.75, 3.05) is 6.61 Å². The first kappa shape index (κ1) is 24.4. The predicted molar refractivity (Wildman–Crippen MR) is 124 cm³/mol. The Hall–Kier alpha value is -0.873. The van der Waals surface area contributed by atoms with Gasteiger partial charge < -0.3 is 9.16 Å². The first-order valence-corrected chi connectivity index (χ1v) is 14.5. The maximum absolute atomic E-state index is 11.4. The summed E-state index contributed by atoms with van der Waals surface area (Å²) in [6.45, 7) is 18.9. The van der Waals surface area contributed by atoms with Gasteiger partial charge in [0, 0.05) is 12.2 Å². The van der Waals surface area contributed by atoms with Crippen molar-refractivity contribution in [1.29, 1.82) is 0 Å². The lowest BCUT2D eigenvalue weighted by atomic mass is 9.62. The summed E-state index contributed by atoms with van der Waals surface area (Å²) in [5, 5.41) is 0.264. The van der Waals surface area contributed by atoms with Crippen molar-refractivity contribution in [2.45, 2.75) is 97.9 Å². The van der Waals surface area contributed by atoms with Gasteiger partial charge in [0.05, 0.1) is 6.61 Å². The lowest BCUT2D eigenvalue weighted by Crippen LogP contribution is -2.50. The number of carbonyl (C=O) groups is 1. The van der Waals surface area contributed by atoms with E-state index in [4.69, 9.17) is 9.16 Å². The van der Waals surface area contributed by atoms with Crippen LogP contribution in [0.15, 0.2) is 24.3 Å². The Kier molecular flexibility index (Phi) is 8.00. The van der Waals surface area contributed by atoms with Crippen molar-refractivity contribution >= 4 is 14.3 Å². The van der Waals surface area contributed by atoms with Gasteiger partial charge in [-0.15, -0.1) is 0 Å². The number of carbonyl (C=O) groups excluding carboxylic acids is 1. The Bertz CT molecular complexity index is 616. The fraction of sp³-hybridized carbons (Fsp3) is 0.800. The van der Waals surface area contributed by atoms with Gasteiger partial charge in [-0.3, -0.25) is 0 Å². The van der Waals surface area contributed by atoms with Gasteiger partial charge >= 0.3 is 5.97 Å². The second-order valence-corrected chi connectivity index (χ2v) is 15.7. The van der Waals surface area contributed by atoms with Crippen LogP contribution in [-0.2, 0) is 14.0 Å². The molecule has 29 heavy (non-hydrogen) atoms. The summed E-state index contributed by atoms with van der Waals surface area (Å²) in [5.41, 5.74) is 0.361. The van der Waals surface area contributed by atoms with Gasteiger partial charge in [-0.2, -0.15) is 0 Å². The Morgan fingerprint density at radius 1 is 1.21 bits per heavy atom. The highest BCUT2D eigenvalue weighted by Gasteiger charge is 2.54. The quantitative estimate of drug-likeness (QED) is 0.194. The van der Waals surface area contributed by atoms with Crippen LogP contribution < -0.4 is 0 Å².